The molecule has 2 rings (SSSR count). The third-order valence-corrected chi connectivity index (χ3v) is 4.35. The van der Waals surface area contributed by atoms with Crippen LogP contribution in [0.2, 0.25) is 0 Å². The highest BCUT2D eigenvalue weighted by Crippen LogP contribution is 2.36. The van der Waals surface area contributed by atoms with Crippen LogP contribution < -0.4 is 0 Å². The SMILES string of the molecule is CS[C@@H]1[C@@H](N=[N+]=[N-])C(=O)N1C(C(=O)O)=C1COC(C)(C)OC1. The van der Waals surface area contributed by atoms with Crippen molar-refractivity contribution in [3.8, 4) is 0 Å². The van der Waals surface area contributed by atoms with Gasteiger partial charge in [0.15, 0.2) is 5.79 Å². The first-order valence-electron chi connectivity index (χ1n) is 6.45. The Hall–Kier alpha value is -1.74. The van der Waals surface area contributed by atoms with Crippen molar-refractivity contribution in [1.82, 2.24) is 4.90 Å². The van der Waals surface area contributed by atoms with Gasteiger partial charge in [-0.2, -0.15) is 0 Å². The summed E-state index contributed by atoms with van der Waals surface area (Å²) in [5, 5.41) is 12.3. The number of hydrogen-bond acceptors (Lipinski definition) is 6. The van der Waals surface area contributed by atoms with Crippen LogP contribution in [0, 0.1) is 0 Å². The molecule has 2 aliphatic rings. The molecule has 2 heterocycles. The first kappa shape index (κ1) is 16.6. The molecule has 2 atom stereocenters. The molecule has 10 heteroatoms. The van der Waals surface area contributed by atoms with E-state index in [9.17, 15) is 14.7 Å². The van der Waals surface area contributed by atoms with Gasteiger partial charge in [-0.3, -0.25) is 9.69 Å². The van der Waals surface area contributed by atoms with Gasteiger partial charge in [0, 0.05) is 10.5 Å². The van der Waals surface area contributed by atoms with Crippen molar-refractivity contribution in [2.75, 3.05) is 19.5 Å². The molecule has 22 heavy (non-hydrogen) atoms. The number of hydrogen-bond donors (Lipinski definition) is 1. The van der Waals surface area contributed by atoms with Gasteiger partial charge < -0.3 is 14.6 Å². The number of carboxylic acids is 1. The zero-order valence-electron chi connectivity index (χ0n) is 12.3. The van der Waals surface area contributed by atoms with Crippen LogP contribution >= 0.6 is 11.8 Å². The number of carbonyl (C=O) groups is 2. The smallest absolute Gasteiger partial charge is 0.352 e. The van der Waals surface area contributed by atoms with Crippen LogP contribution in [0.15, 0.2) is 16.4 Å². The summed E-state index contributed by atoms with van der Waals surface area (Å²) >= 11 is 1.24. The third-order valence-electron chi connectivity index (χ3n) is 3.40. The molecule has 0 radical (unpaired) electrons. The van der Waals surface area contributed by atoms with Crippen molar-refractivity contribution in [2.24, 2.45) is 5.11 Å². The van der Waals surface area contributed by atoms with E-state index in [-0.39, 0.29) is 18.9 Å². The summed E-state index contributed by atoms with van der Waals surface area (Å²) in [6.45, 7) is 3.57. The number of ether oxygens (including phenoxy) is 2. The second kappa shape index (κ2) is 6.17. The maximum atomic E-state index is 12.1. The van der Waals surface area contributed by atoms with Crippen molar-refractivity contribution in [1.29, 1.82) is 0 Å². The van der Waals surface area contributed by atoms with E-state index in [1.165, 1.54) is 11.8 Å². The van der Waals surface area contributed by atoms with E-state index >= 15 is 0 Å². The minimum atomic E-state index is -1.24. The summed E-state index contributed by atoms with van der Waals surface area (Å²) in [6.07, 6.45) is 1.71. The maximum Gasteiger partial charge on any atom is 0.352 e. The number of carbonyl (C=O) groups excluding carboxylic acids is 1. The Balaban J connectivity index is 2.32. The lowest BCUT2D eigenvalue weighted by Crippen LogP contribution is -2.62. The number of carboxylic acid groups (broad SMARTS) is 1. The van der Waals surface area contributed by atoms with Gasteiger partial charge in [0.1, 0.15) is 17.1 Å². The number of likely N-dealkylation sites (tertiary alicyclic amines) is 1. The Kier molecular flexibility index (Phi) is 4.66. The molecule has 0 aliphatic carbocycles. The van der Waals surface area contributed by atoms with Crippen molar-refractivity contribution in [2.45, 2.75) is 31.1 Å². The molecule has 0 bridgehead atoms. The topological polar surface area (TPSA) is 125 Å². The predicted molar refractivity (Wildman–Crippen MR) is 77.7 cm³/mol. The fourth-order valence-corrected chi connectivity index (χ4v) is 3.10. The van der Waals surface area contributed by atoms with Crippen molar-refractivity contribution in [3.63, 3.8) is 0 Å². The molecule has 2 fully saturated rings. The van der Waals surface area contributed by atoms with Crippen LogP contribution in [0.5, 0.6) is 0 Å². The van der Waals surface area contributed by atoms with Crippen LogP contribution in [0.1, 0.15) is 13.8 Å². The Morgan fingerprint density at radius 3 is 2.55 bits per heavy atom. The molecular formula is C12H16N4O5S. The van der Waals surface area contributed by atoms with Gasteiger partial charge in [-0.25, -0.2) is 4.79 Å². The summed E-state index contributed by atoms with van der Waals surface area (Å²) in [5.74, 6) is -2.57. The number of aliphatic carboxylic acids is 1. The van der Waals surface area contributed by atoms with Crippen LogP contribution in [0.3, 0.4) is 0 Å². The highest BCUT2D eigenvalue weighted by molar-refractivity contribution is 7.99. The summed E-state index contributed by atoms with van der Waals surface area (Å²) in [5.41, 5.74) is 8.69. The molecule has 120 valence electrons. The Morgan fingerprint density at radius 1 is 1.50 bits per heavy atom. The van der Waals surface area contributed by atoms with E-state index in [0.717, 1.165) is 4.90 Å². The fourth-order valence-electron chi connectivity index (χ4n) is 2.25. The van der Waals surface area contributed by atoms with Gasteiger partial charge in [0.2, 0.25) is 5.91 Å². The molecule has 1 N–H and O–H groups in total. The number of thioether (sulfide) groups is 1. The molecule has 0 aromatic heterocycles. The molecule has 0 unspecified atom stereocenters. The Bertz CT molecular complexity index is 572. The molecule has 2 aliphatic heterocycles. The lowest BCUT2D eigenvalue weighted by atomic mass is 10.0. The van der Waals surface area contributed by atoms with E-state index in [4.69, 9.17) is 15.0 Å². The highest BCUT2D eigenvalue weighted by atomic mass is 32.2. The average molecular weight is 328 g/mol. The Labute approximate surface area is 130 Å². The zero-order chi connectivity index (χ0) is 16.5. The van der Waals surface area contributed by atoms with Crippen LogP contribution in [0.4, 0.5) is 0 Å². The van der Waals surface area contributed by atoms with E-state index in [1.807, 2.05) is 0 Å². The van der Waals surface area contributed by atoms with E-state index in [1.54, 1.807) is 20.1 Å². The van der Waals surface area contributed by atoms with E-state index < -0.39 is 29.1 Å². The first-order chi connectivity index (χ1) is 10.3. The van der Waals surface area contributed by atoms with Crippen LogP contribution in [0.25, 0.3) is 10.4 Å². The second-order valence-corrected chi connectivity index (χ2v) is 6.17. The Morgan fingerprint density at radius 2 is 2.09 bits per heavy atom. The monoisotopic (exact) mass is 328 g/mol. The molecule has 0 spiro atoms. The largest absolute Gasteiger partial charge is 0.477 e. The standard InChI is InChI=1S/C12H16N4O5S/c1-12(2)20-4-6(5-21-12)8(11(18)19)16-9(17)7(14-15-13)10(16)22-3/h7,10H,4-5H2,1-3H3,(H,18,19)/t7-,10+/m0/s1. The molecule has 0 aromatic carbocycles. The minimum Gasteiger partial charge on any atom is -0.477 e. The van der Waals surface area contributed by atoms with Crippen LogP contribution in [-0.2, 0) is 19.1 Å². The number of amides is 1. The van der Waals surface area contributed by atoms with Gasteiger partial charge >= 0.3 is 5.97 Å². The second-order valence-electron chi connectivity index (χ2n) is 5.22. The van der Waals surface area contributed by atoms with Crippen molar-refractivity contribution in [3.05, 3.63) is 21.7 Å². The molecule has 9 nitrogen and oxygen atoms in total. The summed E-state index contributed by atoms with van der Waals surface area (Å²) in [4.78, 5) is 27.5. The van der Waals surface area contributed by atoms with Crippen LogP contribution in [-0.4, -0.2) is 58.6 Å². The molecule has 0 saturated carbocycles. The van der Waals surface area contributed by atoms with E-state index in [0.29, 0.717) is 5.57 Å². The van der Waals surface area contributed by atoms with Gasteiger partial charge in [-0.15, -0.1) is 11.8 Å². The number of β-lactam (4-membered cyclic amide) rings is 1. The quantitative estimate of drug-likeness (QED) is 0.273. The van der Waals surface area contributed by atoms with Gasteiger partial charge in [0.05, 0.1) is 13.2 Å². The third kappa shape index (κ3) is 2.91. The van der Waals surface area contributed by atoms with Gasteiger partial charge in [0.25, 0.3) is 0 Å². The summed E-state index contributed by atoms with van der Waals surface area (Å²) in [7, 11) is 0. The number of rotatable bonds is 4. The van der Waals surface area contributed by atoms with Gasteiger partial charge in [-0.1, -0.05) is 5.11 Å². The zero-order valence-corrected chi connectivity index (χ0v) is 13.2. The van der Waals surface area contributed by atoms with Crippen molar-refractivity contribution >= 4 is 23.6 Å². The molecule has 1 amide bonds. The fraction of sp³-hybridized carbons (Fsp3) is 0.667. The van der Waals surface area contributed by atoms with Crippen molar-refractivity contribution < 1.29 is 24.2 Å². The molecule has 2 saturated heterocycles. The molecular weight excluding hydrogens is 312 g/mol. The summed E-state index contributed by atoms with van der Waals surface area (Å²) in [6, 6.07) is -0.892. The first-order valence-corrected chi connectivity index (χ1v) is 7.74. The normalized spacial score (nSPS) is 27.0. The minimum absolute atomic E-state index is 0.0612. The predicted octanol–water partition coefficient (Wildman–Crippen LogP) is 1.32. The average Bonchev–Trinajstić information content (AvgIpc) is 2.46. The lowest BCUT2D eigenvalue weighted by Gasteiger charge is -2.45. The number of nitrogens with zero attached hydrogens (tertiary/aromatic N) is 4. The number of azide groups is 1. The summed E-state index contributed by atoms with van der Waals surface area (Å²) < 4.78 is 10.9. The van der Waals surface area contributed by atoms with Gasteiger partial charge in [-0.05, 0) is 25.6 Å². The maximum absolute atomic E-state index is 12.1. The molecule has 0 aromatic rings. The lowest BCUT2D eigenvalue weighted by molar-refractivity contribution is -0.226. The highest BCUT2D eigenvalue weighted by Gasteiger charge is 2.50. The van der Waals surface area contributed by atoms with E-state index in [2.05, 4.69) is 10.0 Å².